The zero-order valence-electron chi connectivity index (χ0n) is 7.15. The van der Waals surface area contributed by atoms with Gasteiger partial charge >= 0.3 is 0 Å². The van der Waals surface area contributed by atoms with Gasteiger partial charge in [-0.1, -0.05) is 5.16 Å². The maximum atomic E-state index is 5.04. The van der Waals surface area contributed by atoms with Crippen LogP contribution in [0.4, 0.5) is 0 Å². The van der Waals surface area contributed by atoms with Crippen LogP contribution in [0.2, 0.25) is 0 Å². The van der Waals surface area contributed by atoms with Gasteiger partial charge < -0.3 is 4.52 Å². The Morgan fingerprint density at radius 1 is 1.54 bits per heavy atom. The van der Waals surface area contributed by atoms with Crippen LogP contribution in [0.3, 0.4) is 0 Å². The molecule has 0 N–H and O–H groups in total. The molecule has 0 atom stereocenters. The SMILES string of the molecule is Cc1noc(-c2c(I)cnn2C)n1. The van der Waals surface area contributed by atoms with Crippen molar-refractivity contribution in [2.75, 3.05) is 0 Å². The molecule has 0 aliphatic carbocycles. The number of aromatic nitrogens is 4. The van der Waals surface area contributed by atoms with Crippen molar-refractivity contribution in [3.8, 4) is 11.6 Å². The van der Waals surface area contributed by atoms with E-state index in [0.29, 0.717) is 11.7 Å². The van der Waals surface area contributed by atoms with Crippen LogP contribution in [0, 0.1) is 10.5 Å². The Kier molecular flexibility index (Phi) is 2.06. The fraction of sp³-hybridized carbons (Fsp3) is 0.286. The normalized spacial score (nSPS) is 10.7. The highest BCUT2D eigenvalue weighted by atomic mass is 127. The van der Waals surface area contributed by atoms with Crippen LogP contribution in [0.25, 0.3) is 11.6 Å². The number of hydrogen-bond donors (Lipinski definition) is 0. The highest BCUT2D eigenvalue weighted by Crippen LogP contribution is 2.22. The predicted octanol–water partition coefficient (Wildman–Crippen LogP) is 1.38. The number of hydrogen-bond acceptors (Lipinski definition) is 4. The summed E-state index contributed by atoms with van der Waals surface area (Å²) in [6.07, 6.45) is 1.76. The lowest BCUT2D eigenvalue weighted by Gasteiger charge is -1.94. The zero-order valence-corrected chi connectivity index (χ0v) is 9.31. The molecule has 0 saturated carbocycles. The summed E-state index contributed by atoms with van der Waals surface area (Å²) in [5.74, 6) is 1.15. The molecular formula is C7H7IN4O. The Hall–Kier alpha value is -0.920. The van der Waals surface area contributed by atoms with Crippen molar-refractivity contribution < 1.29 is 4.52 Å². The monoisotopic (exact) mass is 290 g/mol. The fourth-order valence-electron chi connectivity index (χ4n) is 1.04. The standard InChI is InChI=1S/C7H7IN4O/c1-4-10-7(13-11-4)6-5(8)3-9-12(6)2/h3H,1-2H3. The van der Waals surface area contributed by atoms with Gasteiger partial charge in [-0.05, 0) is 29.5 Å². The molecule has 0 saturated heterocycles. The van der Waals surface area contributed by atoms with E-state index in [9.17, 15) is 0 Å². The van der Waals surface area contributed by atoms with Gasteiger partial charge in [0.15, 0.2) is 5.82 Å². The molecule has 0 unspecified atom stereocenters. The average molecular weight is 290 g/mol. The lowest BCUT2D eigenvalue weighted by molar-refractivity contribution is 0.422. The van der Waals surface area contributed by atoms with Gasteiger partial charge in [-0.3, -0.25) is 4.68 Å². The van der Waals surface area contributed by atoms with Crippen molar-refractivity contribution in [3.63, 3.8) is 0 Å². The summed E-state index contributed by atoms with van der Waals surface area (Å²) in [6.45, 7) is 1.79. The van der Waals surface area contributed by atoms with Gasteiger partial charge in [0.25, 0.3) is 5.89 Å². The average Bonchev–Trinajstić information content (AvgIpc) is 2.60. The number of rotatable bonds is 1. The van der Waals surface area contributed by atoms with E-state index in [1.54, 1.807) is 17.8 Å². The Labute approximate surface area is 88.3 Å². The summed E-state index contributed by atoms with van der Waals surface area (Å²) in [7, 11) is 1.84. The van der Waals surface area contributed by atoms with E-state index in [0.717, 1.165) is 9.26 Å². The van der Waals surface area contributed by atoms with E-state index in [-0.39, 0.29) is 0 Å². The summed E-state index contributed by atoms with van der Waals surface area (Å²) >= 11 is 2.18. The third-order valence-electron chi connectivity index (χ3n) is 1.62. The van der Waals surface area contributed by atoms with Gasteiger partial charge in [-0.25, -0.2) is 0 Å². The third-order valence-corrected chi connectivity index (χ3v) is 2.41. The van der Waals surface area contributed by atoms with Gasteiger partial charge in [-0.2, -0.15) is 10.1 Å². The van der Waals surface area contributed by atoms with Gasteiger partial charge in [0, 0.05) is 7.05 Å². The molecule has 2 rings (SSSR count). The molecule has 68 valence electrons. The minimum absolute atomic E-state index is 0.516. The molecule has 2 aromatic heterocycles. The molecule has 0 aliphatic rings. The molecule has 0 radical (unpaired) electrons. The molecule has 2 aromatic rings. The molecule has 0 fully saturated rings. The van der Waals surface area contributed by atoms with E-state index in [2.05, 4.69) is 37.8 Å². The van der Waals surface area contributed by atoms with Gasteiger partial charge in [0.1, 0.15) is 5.69 Å². The second kappa shape index (κ2) is 3.09. The Bertz CT molecular complexity index is 414. The predicted molar refractivity (Wildman–Crippen MR) is 54.0 cm³/mol. The molecule has 0 spiro atoms. The van der Waals surface area contributed by atoms with Crippen molar-refractivity contribution in [2.45, 2.75) is 6.92 Å². The van der Waals surface area contributed by atoms with Crippen LogP contribution in [0.5, 0.6) is 0 Å². The molecule has 13 heavy (non-hydrogen) atoms. The number of halogens is 1. The summed E-state index contributed by atoms with van der Waals surface area (Å²) in [4.78, 5) is 4.13. The second-order valence-electron chi connectivity index (χ2n) is 2.61. The van der Waals surface area contributed by atoms with Crippen LogP contribution in [0.15, 0.2) is 10.7 Å². The van der Waals surface area contributed by atoms with Gasteiger partial charge in [0.2, 0.25) is 0 Å². The number of aryl methyl sites for hydroxylation is 2. The summed E-state index contributed by atoms with van der Waals surface area (Å²) in [5, 5.41) is 7.81. The van der Waals surface area contributed by atoms with E-state index < -0.39 is 0 Å². The molecule has 5 nitrogen and oxygen atoms in total. The smallest absolute Gasteiger partial charge is 0.277 e. The Morgan fingerprint density at radius 3 is 2.77 bits per heavy atom. The molecule has 0 aliphatic heterocycles. The Balaban J connectivity index is 2.57. The fourth-order valence-corrected chi connectivity index (χ4v) is 1.75. The highest BCUT2D eigenvalue weighted by molar-refractivity contribution is 14.1. The molecule has 2 heterocycles. The minimum atomic E-state index is 0.516. The first-order valence-electron chi connectivity index (χ1n) is 3.66. The molecule has 0 amide bonds. The van der Waals surface area contributed by atoms with Gasteiger partial charge in [-0.15, -0.1) is 0 Å². The summed E-state index contributed by atoms with van der Waals surface area (Å²) < 4.78 is 7.76. The summed E-state index contributed by atoms with van der Waals surface area (Å²) in [6, 6.07) is 0. The zero-order chi connectivity index (χ0) is 9.42. The first kappa shape index (κ1) is 8.67. The van der Waals surface area contributed by atoms with Crippen molar-refractivity contribution in [3.05, 3.63) is 15.6 Å². The topological polar surface area (TPSA) is 56.7 Å². The largest absolute Gasteiger partial charge is 0.332 e. The van der Waals surface area contributed by atoms with Crippen LogP contribution in [-0.4, -0.2) is 19.9 Å². The van der Waals surface area contributed by atoms with E-state index in [1.165, 1.54) is 0 Å². The van der Waals surface area contributed by atoms with Crippen molar-refractivity contribution in [2.24, 2.45) is 7.05 Å². The highest BCUT2D eigenvalue weighted by Gasteiger charge is 2.14. The van der Waals surface area contributed by atoms with Crippen molar-refractivity contribution >= 4 is 22.6 Å². The lowest BCUT2D eigenvalue weighted by Crippen LogP contribution is -1.94. The van der Waals surface area contributed by atoms with E-state index >= 15 is 0 Å². The maximum Gasteiger partial charge on any atom is 0.277 e. The minimum Gasteiger partial charge on any atom is -0.332 e. The van der Waals surface area contributed by atoms with Crippen molar-refractivity contribution in [1.82, 2.24) is 19.9 Å². The van der Waals surface area contributed by atoms with Gasteiger partial charge in [0.05, 0.1) is 9.77 Å². The van der Waals surface area contributed by atoms with Crippen LogP contribution in [-0.2, 0) is 7.05 Å². The summed E-state index contributed by atoms with van der Waals surface area (Å²) in [5.41, 5.74) is 0.862. The van der Waals surface area contributed by atoms with E-state index in [4.69, 9.17) is 4.52 Å². The van der Waals surface area contributed by atoms with Crippen LogP contribution >= 0.6 is 22.6 Å². The maximum absolute atomic E-state index is 5.04. The van der Waals surface area contributed by atoms with Crippen LogP contribution in [0.1, 0.15) is 5.82 Å². The quantitative estimate of drug-likeness (QED) is 0.745. The first-order chi connectivity index (χ1) is 6.18. The first-order valence-corrected chi connectivity index (χ1v) is 4.74. The molecular weight excluding hydrogens is 283 g/mol. The van der Waals surface area contributed by atoms with Crippen molar-refractivity contribution in [1.29, 1.82) is 0 Å². The Morgan fingerprint density at radius 2 is 2.31 bits per heavy atom. The molecule has 0 bridgehead atoms. The number of nitrogens with zero attached hydrogens (tertiary/aromatic N) is 4. The second-order valence-corrected chi connectivity index (χ2v) is 3.77. The van der Waals surface area contributed by atoms with E-state index in [1.807, 2.05) is 7.05 Å². The molecule has 0 aromatic carbocycles. The third kappa shape index (κ3) is 1.45. The molecule has 6 heteroatoms. The van der Waals surface area contributed by atoms with Crippen LogP contribution < -0.4 is 0 Å². The lowest BCUT2D eigenvalue weighted by atomic mass is 10.4.